The Labute approximate surface area is 159 Å². The van der Waals surface area contributed by atoms with Crippen LogP contribution in [0, 0.1) is 0 Å². The van der Waals surface area contributed by atoms with Crippen molar-refractivity contribution in [2.45, 2.75) is 52.1 Å². The SMILES string of the molecule is CC(=O)O.CC(=O)O.CC(=O)O.CC(=O)O.O=C[C@H](O)[C@@H](O)[C@@H](O)[C@H](O)CO. The fourth-order valence-electron chi connectivity index (χ4n) is 0.618. The summed E-state index contributed by atoms with van der Waals surface area (Å²) in [6.07, 6.45) is -6.84. The Morgan fingerprint density at radius 2 is 0.893 bits per heavy atom. The topological polar surface area (TPSA) is 267 Å². The van der Waals surface area contributed by atoms with Crippen molar-refractivity contribution in [3.8, 4) is 0 Å². The van der Waals surface area contributed by atoms with Gasteiger partial charge in [0.1, 0.15) is 24.4 Å². The van der Waals surface area contributed by atoms with E-state index in [2.05, 4.69) is 0 Å². The lowest BCUT2D eigenvalue weighted by molar-refractivity contribution is -0.136. The van der Waals surface area contributed by atoms with E-state index in [0.717, 1.165) is 27.7 Å². The molecule has 0 aromatic carbocycles. The third-order valence-corrected chi connectivity index (χ3v) is 1.42. The molecule has 9 N–H and O–H groups in total. The fraction of sp³-hybridized carbons (Fsp3) is 0.643. The molecule has 14 nitrogen and oxygen atoms in total. The maximum absolute atomic E-state index is 9.90. The number of carboxylic acid groups (broad SMARTS) is 4. The van der Waals surface area contributed by atoms with Crippen LogP contribution >= 0.6 is 0 Å². The van der Waals surface area contributed by atoms with E-state index in [9.17, 15) is 4.79 Å². The van der Waals surface area contributed by atoms with Crippen molar-refractivity contribution in [2.24, 2.45) is 0 Å². The van der Waals surface area contributed by atoms with Crippen LogP contribution in [0.5, 0.6) is 0 Å². The zero-order chi connectivity index (χ0) is 24.0. The predicted octanol–water partition coefficient (Wildman–Crippen LogP) is -3.02. The molecule has 0 amide bonds. The normalized spacial score (nSPS) is 12.6. The molecule has 0 aliphatic rings. The largest absolute Gasteiger partial charge is 0.481 e. The number of aliphatic hydroxyl groups excluding tert-OH is 5. The predicted molar refractivity (Wildman–Crippen MR) is 90.4 cm³/mol. The summed E-state index contributed by atoms with van der Waals surface area (Å²) in [6, 6.07) is 0. The summed E-state index contributed by atoms with van der Waals surface area (Å²) in [5.41, 5.74) is 0. The highest BCUT2D eigenvalue weighted by Gasteiger charge is 2.29. The van der Waals surface area contributed by atoms with E-state index in [0.29, 0.717) is 0 Å². The molecule has 0 aromatic heterocycles. The lowest BCUT2D eigenvalue weighted by Crippen LogP contribution is -2.46. The van der Waals surface area contributed by atoms with Crippen molar-refractivity contribution in [2.75, 3.05) is 6.61 Å². The highest BCUT2D eigenvalue weighted by atomic mass is 16.4. The molecule has 0 unspecified atom stereocenters. The Morgan fingerprint density at radius 1 is 0.679 bits per heavy atom. The smallest absolute Gasteiger partial charge is 0.300 e. The number of carboxylic acids is 4. The second kappa shape index (κ2) is 24.4. The Bertz CT molecular complexity index is 372. The van der Waals surface area contributed by atoms with Crippen molar-refractivity contribution >= 4 is 30.2 Å². The molecule has 168 valence electrons. The quantitative estimate of drug-likeness (QED) is 0.200. The first kappa shape index (κ1) is 36.3. The van der Waals surface area contributed by atoms with E-state index in [1.54, 1.807) is 0 Å². The minimum Gasteiger partial charge on any atom is -0.481 e. The summed E-state index contributed by atoms with van der Waals surface area (Å²) in [5.74, 6) is -3.33. The van der Waals surface area contributed by atoms with Gasteiger partial charge < -0.3 is 50.8 Å². The van der Waals surface area contributed by atoms with Crippen LogP contribution in [0.1, 0.15) is 27.7 Å². The van der Waals surface area contributed by atoms with Gasteiger partial charge >= 0.3 is 0 Å². The van der Waals surface area contributed by atoms with Crippen molar-refractivity contribution in [1.29, 1.82) is 0 Å². The summed E-state index contributed by atoms with van der Waals surface area (Å²) >= 11 is 0. The first-order valence-electron chi connectivity index (χ1n) is 7.04. The van der Waals surface area contributed by atoms with Crippen molar-refractivity contribution in [3.63, 3.8) is 0 Å². The second-order valence-electron chi connectivity index (χ2n) is 4.43. The average Bonchev–Trinajstić information content (AvgIpc) is 2.49. The van der Waals surface area contributed by atoms with Crippen LogP contribution in [0.3, 0.4) is 0 Å². The van der Waals surface area contributed by atoms with Gasteiger partial charge in [0, 0.05) is 27.7 Å². The molecule has 0 rings (SSSR count). The Kier molecular flexibility index (Phi) is 31.6. The molecule has 0 spiro atoms. The molecule has 0 aliphatic carbocycles. The Balaban J connectivity index is -0.0000000910. The molecule has 0 bridgehead atoms. The highest BCUT2D eigenvalue weighted by Crippen LogP contribution is 2.02. The maximum Gasteiger partial charge on any atom is 0.300 e. The van der Waals surface area contributed by atoms with Gasteiger partial charge in [-0.1, -0.05) is 0 Å². The molecule has 0 aliphatic heterocycles. The zero-order valence-electron chi connectivity index (χ0n) is 15.7. The molecule has 14 heteroatoms. The Morgan fingerprint density at radius 3 is 1.04 bits per heavy atom. The third-order valence-electron chi connectivity index (χ3n) is 1.42. The van der Waals surface area contributed by atoms with E-state index < -0.39 is 54.9 Å². The molecule has 0 aromatic rings. The number of hydrogen-bond acceptors (Lipinski definition) is 10. The fourth-order valence-corrected chi connectivity index (χ4v) is 0.618. The molecule has 0 radical (unpaired) electrons. The molecule has 0 heterocycles. The van der Waals surface area contributed by atoms with Crippen molar-refractivity contribution < 1.29 is 69.9 Å². The third kappa shape index (κ3) is 65.4. The summed E-state index contributed by atoms with van der Waals surface area (Å²) in [4.78, 5) is 45.9. The van der Waals surface area contributed by atoms with Crippen molar-refractivity contribution in [1.82, 2.24) is 0 Å². The van der Waals surface area contributed by atoms with Gasteiger partial charge in [0.05, 0.1) is 6.61 Å². The van der Waals surface area contributed by atoms with E-state index in [1.165, 1.54) is 0 Å². The number of carbonyl (C=O) groups is 5. The van der Waals surface area contributed by atoms with E-state index in [1.807, 2.05) is 0 Å². The molecule has 0 saturated heterocycles. The van der Waals surface area contributed by atoms with Gasteiger partial charge in [0.2, 0.25) is 0 Å². The molecule has 4 atom stereocenters. The minimum atomic E-state index is -1.79. The van der Waals surface area contributed by atoms with E-state index in [-0.39, 0.29) is 6.29 Å². The van der Waals surface area contributed by atoms with Crippen LogP contribution in [-0.2, 0) is 24.0 Å². The first-order chi connectivity index (χ1) is 12.5. The van der Waals surface area contributed by atoms with E-state index >= 15 is 0 Å². The lowest BCUT2D eigenvalue weighted by atomic mass is 10.0. The highest BCUT2D eigenvalue weighted by molar-refractivity contribution is 5.63. The minimum absolute atomic E-state index is 0.0258. The van der Waals surface area contributed by atoms with Gasteiger partial charge in [0.15, 0.2) is 6.29 Å². The number of rotatable bonds is 5. The van der Waals surface area contributed by atoms with Gasteiger partial charge in [-0.25, -0.2) is 0 Å². The maximum atomic E-state index is 9.90. The van der Waals surface area contributed by atoms with E-state index in [4.69, 9.17) is 65.1 Å². The summed E-state index contributed by atoms with van der Waals surface area (Å²) in [5, 5.41) is 73.2. The number of aldehydes is 1. The number of carbonyl (C=O) groups excluding carboxylic acids is 1. The van der Waals surface area contributed by atoms with Gasteiger partial charge in [-0.3, -0.25) is 19.2 Å². The Hall–Kier alpha value is -2.65. The van der Waals surface area contributed by atoms with Crippen LogP contribution in [0.2, 0.25) is 0 Å². The standard InChI is InChI=1S/C6H12O6.4C2H4O2/c7-1-3(9)5(11)6(12)4(10)2-8;4*1-2(3)4/h1,3-6,8-12H,2H2;4*1H3,(H,3,4)/t3-,4+,5+,6-;;;;/m0..../s1. The monoisotopic (exact) mass is 420 g/mol. The van der Waals surface area contributed by atoms with Gasteiger partial charge in [-0.15, -0.1) is 0 Å². The first-order valence-corrected chi connectivity index (χ1v) is 7.04. The second-order valence-corrected chi connectivity index (χ2v) is 4.43. The molecule has 0 saturated carbocycles. The van der Waals surface area contributed by atoms with Gasteiger partial charge in [-0.05, 0) is 0 Å². The summed E-state index contributed by atoms with van der Waals surface area (Å²) < 4.78 is 0. The van der Waals surface area contributed by atoms with Crippen LogP contribution in [0.4, 0.5) is 0 Å². The zero-order valence-corrected chi connectivity index (χ0v) is 15.7. The lowest BCUT2D eigenvalue weighted by Gasteiger charge is -2.22. The number of aliphatic carboxylic acids is 4. The summed E-state index contributed by atoms with van der Waals surface area (Å²) in [7, 11) is 0. The average molecular weight is 420 g/mol. The molecule has 0 fully saturated rings. The van der Waals surface area contributed by atoms with Crippen LogP contribution < -0.4 is 0 Å². The van der Waals surface area contributed by atoms with Crippen LogP contribution in [0.15, 0.2) is 0 Å². The summed E-state index contributed by atoms with van der Waals surface area (Å²) in [6.45, 7) is 3.57. The number of aliphatic hydroxyl groups is 5. The molecular weight excluding hydrogens is 392 g/mol. The van der Waals surface area contributed by atoms with Crippen LogP contribution in [0.25, 0.3) is 0 Å². The molecule has 28 heavy (non-hydrogen) atoms. The van der Waals surface area contributed by atoms with Gasteiger partial charge in [0.25, 0.3) is 23.9 Å². The van der Waals surface area contributed by atoms with Gasteiger partial charge in [-0.2, -0.15) is 0 Å². The molecular formula is C14H28O14. The van der Waals surface area contributed by atoms with Crippen LogP contribution in [-0.4, -0.2) is 107 Å². The number of hydrogen-bond donors (Lipinski definition) is 9. The van der Waals surface area contributed by atoms with Crippen molar-refractivity contribution in [3.05, 3.63) is 0 Å².